The molecular formula is C23H32O2. The standard InChI is InChI=1S/C23H32O2/c1-2-3-4-6-10-20(19-24)11-9-18-25-23-16-14-22(15-17-23)21-12-7-5-8-13-21/h5,7-8,12-17,20,24H,2-4,6,9-11,18-19H2,1H3. The smallest absolute Gasteiger partial charge is 0.119 e. The highest BCUT2D eigenvalue weighted by molar-refractivity contribution is 5.63. The van der Waals surface area contributed by atoms with Crippen molar-refractivity contribution < 1.29 is 9.84 Å². The summed E-state index contributed by atoms with van der Waals surface area (Å²) in [5.74, 6) is 1.35. The first-order valence-corrected chi connectivity index (χ1v) is 9.72. The van der Waals surface area contributed by atoms with Gasteiger partial charge in [-0.25, -0.2) is 0 Å². The van der Waals surface area contributed by atoms with Crippen LogP contribution in [0.4, 0.5) is 0 Å². The molecule has 0 heterocycles. The number of benzene rings is 2. The van der Waals surface area contributed by atoms with Crippen LogP contribution in [0.3, 0.4) is 0 Å². The van der Waals surface area contributed by atoms with E-state index in [9.17, 15) is 5.11 Å². The zero-order chi connectivity index (χ0) is 17.7. The van der Waals surface area contributed by atoms with E-state index in [2.05, 4.69) is 43.3 Å². The summed E-state index contributed by atoms with van der Waals surface area (Å²) in [5.41, 5.74) is 2.43. The molecule has 0 aliphatic heterocycles. The van der Waals surface area contributed by atoms with Crippen LogP contribution < -0.4 is 4.74 Å². The zero-order valence-corrected chi connectivity index (χ0v) is 15.5. The van der Waals surface area contributed by atoms with Gasteiger partial charge in [-0.3, -0.25) is 0 Å². The van der Waals surface area contributed by atoms with Crippen molar-refractivity contribution in [2.75, 3.05) is 13.2 Å². The van der Waals surface area contributed by atoms with E-state index in [0.29, 0.717) is 12.5 Å². The van der Waals surface area contributed by atoms with Crippen LogP contribution in [0.15, 0.2) is 54.6 Å². The third-order valence-corrected chi connectivity index (χ3v) is 4.71. The van der Waals surface area contributed by atoms with E-state index < -0.39 is 0 Å². The van der Waals surface area contributed by atoms with Crippen LogP contribution in [0.25, 0.3) is 11.1 Å². The quantitative estimate of drug-likeness (QED) is 0.474. The lowest BCUT2D eigenvalue weighted by molar-refractivity contribution is 0.195. The molecule has 0 saturated heterocycles. The minimum Gasteiger partial charge on any atom is -0.494 e. The second kappa shape index (κ2) is 11.7. The van der Waals surface area contributed by atoms with Crippen molar-refractivity contribution >= 4 is 0 Å². The molecule has 25 heavy (non-hydrogen) atoms. The Hall–Kier alpha value is -1.80. The maximum absolute atomic E-state index is 9.50. The van der Waals surface area contributed by atoms with E-state index in [1.807, 2.05) is 18.2 Å². The molecule has 136 valence electrons. The Morgan fingerprint density at radius 3 is 2.16 bits per heavy atom. The summed E-state index contributed by atoms with van der Waals surface area (Å²) in [7, 11) is 0. The first-order chi connectivity index (χ1) is 12.3. The summed E-state index contributed by atoms with van der Waals surface area (Å²) >= 11 is 0. The van der Waals surface area contributed by atoms with Gasteiger partial charge in [-0.1, -0.05) is 75.1 Å². The second-order valence-electron chi connectivity index (χ2n) is 6.78. The van der Waals surface area contributed by atoms with Crippen molar-refractivity contribution in [2.24, 2.45) is 5.92 Å². The molecule has 1 N–H and O–H groups in total. The molecular weight excluding hydrogens is 308 g/mol. The summed E-state index contributed by atoms with van der Waals surface area (Å²) in [6.45, 7) is 3.25. The van der Waals surface area contributed by atoms with E-state index in [-0.39, 0.29) is 0 Å². The molecule has 0 aromatic heterocycles. The molecule has 0 amide bonds. The molecule has 2 aromatic carbocycles. The molecule has 1 atom stereocenters. The highest BCUT2D eigenvalue weighted by Crippen LogP contribution is 2.22. The summed E-state index contributed by atoms with van der Waals surface area (Å²) < 4.78 is 5.85. The lowest BCUT2D eigenvalue weighted by atomic mass is 9.97. The van der Waals surface area contributed by atoms with Crippen molar-refractivity contribution in [1.82, 2.24) is 0 Å². The van der Waals surface area contributed by atoms with Crippen LogP contribution in [0.1, 0.15) is 51.9 Å². The van der Waals surface area contributed by atoms with Crippen molar-refractivity contribution in [3.8, 4) is 16.9 Å². The van der Waals surface area contributed by atoms with E-state index in [1.54, 1.807) is 0 Å². The summed E-state index contributed by atoms with van der Waals surface area (Å²) in [5, 5.41) is 9.50. The average Bonchev–Trinajstić information content (AvgIpc) is 2.68. The molecule has 2 aromatic rings. The SMILES string of the molecule is CCCCCCC(CO)CCCOc1ccc(-c2ccccc2)cc1. The predicted octanol–water partition coefficient (Wildman–Crippen LogP) is 6.09. The van der Waals surface area contributed by atoms with Crippen molar-refractivity contribution in [2.45, 2.75) is 51.9 Å². The highest BCUT2D eigenvalue weighted by atomic mass is 16.5. The van der Waals surface area contributed by atoms with Gasteiger partial charge < -0.3 is 9.84 Å². The third kappa shape index (κ3) is 7.31. The Labute approximate surface area is 152 Å². The van der Waals surface area contributed by atoms with Gasteiger partial charge in [0.25, 0.3) is 0 Å². The number of aliphatic hydroxyl groups excluding tert-OH is 1. The van der Waals surface area contributed by atoms with Gasteiger partial charge in [-0.05, 0) is 48.4 Å². The van der Waals surface area contributed by atoms with E-state index >= 15 is 0 Å². The average molecular weight is 341 g/mol. The van der Waals surface area contributed by atoms with Crippen LogP contribution in [-0.2, 0) is 0 Å². The Morgan fingerprint density at radius 2 is 1.48 bits per heavy atom. The minimum absolute atomic E-state index is 0.303. The number of aliphatic hydroxyl groups is 1. The van der Waals surface area contributed by atoms with Gasteiger partial charge >= 0.3 is 0 Å². The van der Waals surface area contributed by atoms with E-state index in [4.69, 9.17) is 4.74 Å². The normalized spacial score (nSPS) is 12.1. The van der Waals surface area contributed by atoms with Crippen LogP contribution in [0.2, 0.25) is 0 Å². The number of rotatable bonds is 12. The monoisotopic (exact) mass is 340 g/mol. The molecule has 1 unspecified atom stereocenters. The third-order valence-electron chi connectivity index (χ3n) is 4.71. The van der Waals surface area contributed by atoms with Gasteiger partial charge in [0, 0.05) is 6.61 Å². The fourth-order valence-electron chi connectivity index (χ4n) is 3.12. The van der Waals surface area contributed by atoms with E-state index in [1.165, 1.54) is 36.8 Å². The minimum atomic E-state index is 0.303. The lowest BCUT2D eigenvalue weighted by Crippen LogP contribution is -2.08. The molecule has 0 spiro atoms. The second-order valence-corrected chi connectivity index (χ2v) is 6.78. The molecule has 0 bridgehead atoms. The van der Waals surface area contributed by atoms with Gasteiger partial charge in [0.2, 0.25) is 0 Å². The molecule has 2 rings (SSSR count). The summed E-state index contributed by atoms with van der Waals surface area (Å²) in [4.78, 5) is 0. The largest absolute Gasteiger partial charge is 0.494 e. The Balaban J connectivity index is 1.67. The summed E-state index contributed by atoms with van der Waals surface area (Å²) in [6, 6.07) is 18.7. The molecule has 0 radical (unpaired) electrons. The highest BCUT2D eigenvalue weighted by Gasteiger charge is 2.07. The first kappa shape index (κ1) is 19.5. The molecule has 2 nitrogen and oxygen atoms in total. The fraction of sp³-hybridized carbons (Fsp3) is 0.478. The maximum Gasteiger partial charge on any atom is 0.119 e. The van der Waals surface area contributed by atoms with E-state index in [0.717, 1.165) is 31.6 Å². The number of unbranched alkanes of at least 4 members (excludes halogenated alkanes) is 3. The number of hydrogen-bond acceptors (Lipinski definition) is 2. The maximum atomic E-state index is 9.50. The molecule has 0 saturated carbocycles. The number of ether oxygens (including phenoxy) is 1. The van der Waals surface area contributed by atoms with Crippen LogP contribution >= 0.6 is 0 Å². The van der Waals surface area contributed by atoms with Crippen molar-refractivity contribution in [3.63, 3.8) is 0 Å². The van der Waals surface area contributed by atoms with Crippen LogP contribution in [0, 0.1) is 5.92 Å². The van der Waals surface area contributed by atoms with Gasteiger partial charge in [-0.15, -0.1) is 0 Å². The Bertz CT molecular complexity index is 562. The van der Waals surface area contributed by atoms with Crippen molar-refractivity contribution in [1.29, 1.82) is 0 Å². The number of hydrogen-bond donors (Lipinski definition) is 1. The van der Waals surface area contributed by atoms with Crippen LogP contribution in [-0.4, -0.2) is 18.3 Å². The van der Waals surface area contributed by atoms with Crippen molar-refractivity contribution in [3.05, 3.63) is 54.6 Å². The van der Waals surface area contributed by atoms with Gasteiger partial charge in [-0.2, -0.15) is 0 Å². The van der Waals surface area contributed by atoms with Crippen LogP contribution in [0.5, 0.6) is 5.75 Å². The van der Waals surface area contributed by atoms with Gasteiger partial charge in [0.15, 0.2) is 0 Å². The summed E-state index contributed by atoms with van der Waals surface area (Å²) in [6.07, 6.45) is 8.28. The zero-order valence-electron chi connectivity index (χ0n) is 15.5. The molecule has 0 fully saturated rings. The van der Waals surface area contributed by atoms with Gasteiger partial charge in [0.05, 0.1) is 6.61 Å². The topological polar surface area (TPSA) is 29.5 Å². The first-order valence-electron chi connectivity index (χ1n) is 9.72. The predicted molar refractivity (Wildman–Crippen MR) is 106 cm³/mol. The Morgan fingerprint density at radius 1 is 0.800 bits per heavy atom. The molecule has 0 aliphatic carbocycles. The fourth-order valence-corrected chi connectivity index (χ4v) is 3.12. The molecule has 2 heteroatoms. The van der Waals surface area contributed by atoms with Gasteiger partial charge in [0.1, 0.15) is 5.75 Å². The Kier molecular flexibility index (Phi) is 9.14. The lowest BCUT2D eigenvalue weighted by Gasteiger charge is -2.14. The molecule has 0 aliphatic rings.